The van der Waals surface area contributed by atoms with Crippen LogP contribution in [-0.2, 0) is 0 Å². The number of para-hydroxylation sites is 1. The summed E-state index contributed by atoms with van der Waals surface area (Å²) in [5.74, 6) is 0.316. The van der Waals surface area contributed by atoms with Crippen molar-refractivity contribution in [2.45, 2.75) is 13.8 Å². The Hall–Kier alpha value is -2.59. The molecule has 1 heterocycles. The van der Waals surface area contributed by atoms with Gasteiger partial charge in [-0.2, -0.15) is 0 Å². The predicted octanol–water partition coefficient (Wildman–Crippen LogP) is 5.98. The number of nitrogens with zero attached hydrogens (tertiary/aromatic N) is 1. The average Bonchev–Trinajstić information content (AvgIpc) is 2.56. The molecule has 122 valence electrons. The van der Waals surface area contributed by atoms with E-state index in [1.54, 1.807) is 30.3 Å². The van der Waals surface area contributed by atoms with Crippen molar-refractivity contribution in [3.8, 4) is 0 Å². The lowest BCUT2D eigenvalue weighted by Crippen LogP contribution is -2.02. The van der Waals surface area contributed by atoms with Gasteiger partial charge in [0.1, 0.15) is 5.82 Å². The molecule has 0 saturated heterocycles. The molecule has 0 amide bonds. The van der Waals surface area contributed by atoms with Gasteiger partial charge in [0.25, 0.3) is 0 Å². The van der Waals surface area contributed by atoms with E-state index in [9.17, 15) is 4.39 Å². The predicted molar refractivity (Wildman–Crippen MR) is 98.1 cm³/mol. The standard InChI is InChI=1S/C19H17ClFN3/c1-12-4-3-5-13(2)18(12)23-17-11-10-16(21)19(24-17)22-15-8-6-14(20)7-9-15/h3-11H,1-2H3,(H2,22,23,24). The van der Waals surface area contributed by atoms with Crippen LogP contribution in [0.1, 0.15) is 11.1 Å². The smallest absolute Gasteiger partial charge is 0.168 e. The third-order valence-corrected chi connectivity index (χ3v) is 3.94. The minimum absolute atomic E-state index is 0.161. The van der Waals surface area contributed by atoms with Crippen molar-refractivity contribution < 1.29 is 4.39 Å². The van der Waals surface area contributed by atoms with Gasteiger partial charge in [0.15, 0.2) is 11.6 Å². The van der Waals surface area contributed by atoms with Gasteiger partial charge in [-0.15, -0.1) is 0 Å². The molecule has 0 fully saturated rings. The number of hydrogen-bond donors (Lipinski definition) is 2. The van der Waals surface area contributed by atoms with Crippen molar-refractivity contribution in [2.75, 3.05) is 10.6 Å². The van der Waals surface area contributed by atoms with E-state index in [1.165, 1.54) is 6.07 Å². The number of aryl methyl sites for hydroxylation is 2. The SMILES string of the molecule is Cc1cccc(C)c1Nc1ccc(F)c(Nc2ccc(Cl)cc2)n1. The van der Waals surface area contributed by atoms with E-state index >= 15 is 0 Å². The van der Waals surface area contributed by atoms with Gasteiger partial charge in [-0.05, 0) is 61.4 Å². The van der Waals surface area contributed by atoms with E-state index in [4.69, 9.17) is 11.6 Å². The monoisotopic (exact) mass is 341 g/mol. The third-order valence-electron chi connectivity index (χ3n) is 3.69. The highest BCUT2D eigenvalue weighted by molar-refractivity contribution is 6.30. The Bertz CT molecular complexity index is 843. The molecule has 0 saturated carbocycles. The topological polar surface area (TPSA) is 37.0 Å². The van der Waals surface area contributed by atoms with Crippen molar-refractivity contribution in [1.29, 1.82) is 0 Å². The van der Waals surface area contributed by atoms with Gasteiger partial charge >= 0.3 is 0 Å². The third kappa shape index (κ3) is 3.66. The van der Waals surface area contributed by atoms with Crippen LogP contribution in [0.3, 0.4) is 0 Å². The Labute approximate surface area is 145 Å². The number of benzene rings is 2. The second kappa shape index (κ2) is 6.89. The minimum Gasteiger partial charge on any atom is -0.340 e. The van der Waals surface area contributed by atoms with Crippen molar-refractivity contribution in [3.63, 3.8) is 0 Å². The molecular formula is C19H17ClFN3. The van der Waals surface area contributed by atoms with E-state index in [-0.39, 0.29) is 5.82 Å². The normalized spacial score (nSPS) is 10.5. The molecule has 24 heavy (non-hydrogen) atoms. The number of anilines is 4. The second-order valence-corrected chi connectivity index (χ2v) is 5.99. The summed E-state index contributed by atoms with van der Waals surface area (Å²) in [6, 6.07) is 16.1. The first-order valence-corrected chi connectivity index (χ1v) is 7.93. The van der Waals surface area contributed by atoms with Crippen LogP contribution in [0.4, 0.5) is 27.4 Å². The van der Waals surface area contributed by atoms with Crippen LogP contribution in [0.2, 0.25) is 5.02 Å². The molecule has 0 atom stereocenters. The maximum atomic E-state index is 14.1. The molecule has 0 radical (unpaired) electrons. The highest BCUT2D eigenvalue weighted by Gasteiger charge is 2.08. The molecule has 0 aliphatic heterocycles. The van der Waals surface area contributed by atoms with Gasteiger partial charge in [-0.25, -0.2) is 9.37 Å². The van der Waals surface area contributed by atoms with Crippen molar-refractivity contribution in [1.82, 2.24) is 4.98 Å². The van der Waals surface area contributed by atoms with Crippen LogP contribution < -0.4 is 10.6 Å². The zero-order valence-corrected chi connectivity index (χ0v) is 14.2. The molecule has 0 aliphatic carbocycles. The van der Waals surface area contributed by atoms with Gasteiger partial charge in [0, 0.05) is 16.4 Å². The van der Waals surface area contributed by atoms with Gasteiger partial charge in [0.05, 0.1) is 0 Å². The summed E-state index contributed by atoms with van der Waals surface area (Å²) in [5.41, 5.74) is 3.91. The molecule has 3 nitrogen and oxygen atoms in total. The lowest BCUT2D eigenvalue weighted by atomic mass is 10.1. The van der Waals surface area contributed by atoms with Gasteiger partial charge in [0.2, 0.25) is 0 Å². The van der Waals surface area contributed by atoms with Crippen LogP contribution in [-0.4, -0.2) is 4.98 Å². The molecule has 1 aromatic heterocycles. The molecule has 0 unspecified atom stereocenters. The van der Waals surface area contributed by atoms with E-state index in [0.717, 1.165) is 22.5 Å². The van der Waals surface area contributed by atoms with Crippen molar-refractivity contribution >= 4 is 34.6 Å². The molecule has 2 aromatic carbocycles. The Kier molecular flexibility index (Phi) is 4.67. The van der Waals surface area contributed by atoms with Gasteiger partial charge in [-0.3, -0.25) is 0 Å². The van der Waals surface area contributed by atoms with Gasteiger partial charge < -0.3 is 10.6 Å². The number of aromatic nitrogens is 1. The van der Waals surface area contributed by atoms with Crippen LogP contribution in [0, 0.1) is 19.7 Å². The Balaban J connectivity index is 1.87. The Morgan fingerprint density at radius 1 is 0.875 bits per heavy atom. The zero-order valence-electron chi connectivity index (χ0n) is 13.4. The van der Waals surface area contributed by atoms with Crippen LogP contribution >= 0.6 is 11.6 Å². The molecule has 5 heteroatoms. The van der Waals surface area contributed by atoms with Crippen LogP contribution in [0.25, 0.3) is 0 Å². The largest absolute Gasteiger partial charge is 0.340 e. The zero-order chi connectivity index (χ0) is 17.1. The Morgan fingerprint density at radius 2 is 1.54 bits per heavy atom. The summed E-state index contributed by atoms with van der Waals surface area (Å²) in [4.78, 5) is 4.34. The summed E-state index contributed by atoms with van der Waals surface area (Å²) in [6.07, 6.45) is 0. The summed E-state index contributed by atoms with van der Waals surface area (Å²) in [7, 11) is 0. The molecule has 2 N–H and O–H groups in total. The first-order chi connectivity index (χ1) is 11.5. The maximum absolute atomic E-state index is 14.1. The maximum Gasteiger partial charge on any atom is 0.168 e. The van der Waals surface area contributed by atoms with Gasteiger partial charge in [-0.1, -0.05) is 29.8 Å². The number of hydrogen-bond acceptors (Lipinski definition) is 3. The van der Waals surface area contributed by atoms with E-state index in [0.29, 0.717) is 10.8 Å². The fourth-order valence-electron chi connectivity index (χ4n) is 2.41. The lowest BCUT2D eigenvalue weighted by molar-refractivity contribution is 0.627. The van der Waals surface area contributed by atoms with E-state index in [1.807, 2.05) is 32.0 Å². The lowest BCUT2D eigenvalue weighted by Gasteiger charge is -2.14. The number of rotatable bonds is 4. The first-order valence-electron chi connectivity index (χ1n) is 7.55. The van der Waals surface area contributed by atoms with Crippen LogP contribution in [0.15, 0.2) is 54.6 Å². The summed E-state index contributed by atoms with van der Waals surface area (Å²) >= 11 is 5.86. The molecular weight excluding hydrogens is 325 g/mol. The number of pyridine rings is 1. The molecule has 0 bridgehead atoms. The van der Waals surface area contributed by atoms with Crippen LogP contribution in [0.5, 0.6) is 0 Å². The van der Waals surface area contributed by atoms with E-state index in [2.05, 4.69) is 15.6 Å². The fraction of sp³-hybridized carbons (Fsp3) is 0.105. The van der Waals surface area contributed by atoms with Crippen molar-refractivity contribution in [3.05, 3.63) is 76.6 Å². The summed E-state index contributed by atoms with van der Waals surface area (Å²) in [5, 5.41) is 6.86. The molecule has 3 rings (SSSR count). The highest BCUT2D eigenvalue weighted by Crippen LogP contribution is 2.26. The fourth-order valence-corrected chi connectivity index (χ4v) is 2.54. The molecule has 3 aromatic rings. The number of halogens is 2. The summed E-state index contributed by atoms with van der Waals surface area (Å²) in [6.45, 7) is 4.04. The minimum atomic E-state index is -0.419. The molecule has 0 aliphatic rings. The quantitative estimate of drug-likeness (QED) is 0.613. The van der Waals surface area contributed by atoms with E-state index < -0.39 is 5.82 Å². The highest BCUT2D eigenvalue weighted by atomic mass is 35.5. The Morgan fingerprint density at radius 3 is 2.21 bits per heavy atom. The first kappa shape index (κ1) is 16.3. The average molecular weight is 342 g/mol. The number of nitrogens with one attached hydrogen (secondary N) is 2. The second-order valence-electron chi connectivity index (χ2n) is 5.55. The summed E-state index contributed by atoms with van der Waals surface area (Å²) < 4.78 is 14.1. The molecule has 0 spiro atoms. The van der Waals surface area contributed by atoms with Crippen molar-refractivity contribution in [2.24, 2.45) is 0 Å².